The number of aromatic hydroxyl groups is 1. The van der Waals surface area contributed by atoms with Crippen LogP contribution in [0.15, 0.2) is 30.7 Å². The van der Waals surface area contributed by atoms with Gasteiger partial charge < -0.3 is 15.0 Å². The van der Waals surface area contributed by atoms with Gasteiger partial charge in [0.15, 0.2) is 0 Å². The molecule has 2 aromatic rings. The summed E-state index contributed by atoms with van der Waals surface area (Å²) in [6.07, 6.45) is 3.07. The van der Waals surface area contributed by atoms with Gasteiger partial charge in [-0.15, -0.1) is 0 Å². The van der Waals surface area contributed by atoms with Gasteiger partial charge in [0, 0.05) is 12.7 Å². The normalized spacial score (nSPS) is 10.2. The van der Waals surface area contributed by atoms with E-state index in [9.17, 15) is 9.90 Å². The van der Waals surface area contributed by atoms with Crippen molar-refractivity contribution in [1.82, 2.24) is 9.55 Å². The number of carbonyl (C=O) groups excluding carboxylic acids is 1. The third-order valence-corrected chi connectivity index (χ3v) is 2.50. The average molecular weight is 231 g/mol. The van der Waals surface area contributed by atoms with Crippen LogP contribution in [-0.2, 0) is 7.05 Å². The Hall–Kier alpha value is -2.30. The van der Waals surface area contributed by atoms with Crippen LogP contribution in [0.1, 0.15) is 16.1 Å². The molecule has 0 unspecified atom stereocenters. The number of phenols is 1. The Morgan fingerprint density at radius 2 is 2.24 bits per heavy atom. The van der Waals surface area contributed by atoms with E-state index in [1.807, 2.05) is 0 Å². The maximum atomic E-state index is 11.9. The second-order valence-electron chi connectivity index (χ2n) is 3.85. The molecule has 1 aromatic carbocycles. The van der Waals surface area contributed by atoms with E-state index < -0.39 is 0 Å². The van der Waals surface area contributed by atoms with Crippen molar-refractivity contribution in [3.63, 3.8) is 0 Å². The van der Waals surface area contributed by atoms with Crippen molar-refractivity contribution in [1.29, 1.82) is 0 Å². The number of rotatable bonds is 2. The molecule has 0 aliphatic heterocycles. The third-order valence-electron chi connectivity index (χ3n) is 2.50. The SMILES string of the molecule is Cc1cc(NC(=O)c2cncn2C)ccc1O. The number of aryl methyl sites for hydroxylation is 2. The minimum absolute atomic E-state index is 0.212. The number of anilines is 1. The molecule has 0 aliphatic rings. The monoisotopic (exact) mass is 231 g/mol. The highest BCUT2D eigenvalue weighted by Gasteiger charge is 2.10. The maximum Gasteiger partial charge on any atom is 0.273 e. The number of phenolic OH excluding ortho intramolecular Hbond substituents is 1. The Bertz CT molecular complexity index is 561. The van der Waals surface area contributed by atoms with Crippen LogP contribution in [0.3, 0.4) is 0 Å². The van der Waals surface area contributed by atoms with E-state index in [2.05, 4.69) is 10.3 Å². The van der Waals surface area contributed by atoms with Gasteiger partial charge in [-0.3, -0.25) is 4.79 Å². The Kier molecular flexibility index (Phi) is 2.82. The molecule has 2 N–H and O–H groups in total. The highest BCUT2D eigenvalue weighted by atomic mass is 16.3. The van der Waals surface area contributed by atoms with Crippen molar-refractivity contribution < 1.29 is 9.90 Å². The smallest absolute Gasteiger partial charge is 0.273 e. The molecule has 5 heteroatoms. The van der Waals surface area contributed by atoms with Gasteiger partial charge in [-0.25, -0.2) is 4.98 Å². The predicted molar refractivity (Wildman–Crippen MR) is 64.0 cm³/mol. The number of nitrogens with one attached hydrogen (secondary N) is 1. The third kappa shape index (κ3) is 2.28. The van der Waals surface area contributed by atoms with Crippen LogP contribution in [0, 0.1) is 6.92 Å². The molecule has 0 bridgehead atoms. The van der Waals surface area contributed by atoms with Gasteiger partial charge in [0.1, 0.15) is 11.4 Å². The molecule has 1 amide bonds. The zero-order valence-corrected chi connectivity index (χ0v) is 9.64. The summed E-state index contributed by atoms with van der Waals surface area (Å²) < 4.78 is 1.64. The minimum Gasteiger partial charge on any atom is -0.508 e. The van der Waals surface area contributed by atoms with Crippen molar-refractivity contribution in [3.05, 3.63) is 42.0 Å². The Balaban J connectivity index is 2.19. The van der Waals surface area contributed by atoms with Crippen molar-refractivity contribution >= 4 is 11.6 Å². The van der Waals surface area contributed by atoms with Crippen molar-refractivity contribution in [2.45, 2.75) is 6.92 Å². The van der Waals surface area contributed by atoms with E-state index in [1.54, 1.807) is 43.1 Å². The number of hydrogen-bond acceptors (Lipinski definition) is 3. The topological polar surface area (TPSA) is 67.2 Å². The summed E-state index contributed by atoms with van der Waals surface area (Å²) >= 11 is 0. The summed E-state index contributed by atoms with van der Waals surface area (Å²) in [7, 11) is 1.75. The molecule has 0 fully saturated rings. The number of hydrogen-bond donors (Lipinski definition) is 2. The fourth-order valence-corrected chi connectivity index (χ4v) is 1.50. The average Bonchev–Trinajstić information content (AvgIpc) is 2.70. The van der Waals surface area contributed by atoms with Crippen molar-refractivity contribution in [3.8, 4) is 5.75 Å². The van der Waals surface area contributed by atoms with Gasteiger partial charge in [-0.2, -0.15) is 0 Å². The zero-order valence-electron chi connectivity index (χ0n) is 9.64. The molecule has 17 heavy (non-hydrogen) atoms. The second kappa shape index (κ2) is 4.29. The minimum atomic E-state index is -0.227. The fraction of sp³-hybridized carbons (Fsp3) is 0.167. The maximum absolute atomic E-state index is 11.9. The molecule has 0 atom stereocenters. The number of amides is 1. The van der Waals surface area contributed by atoms with Gasteiger partial charge in [0.05, 0.1) is 12.5 Å². The molecule has 88 valence electrons. The van der Waals surface area contributed by atoms with Crippen molar-refractivity contribution in [2.24, 2.45) is 7.05 Å². The molecule has 0 saturated carbocycles. The van der Waals surface area contributed by atoms with Crippen LogP contribution in [-0.4, -0.2) is 20.6 Å². The lowest BCUT2D eigenvalue weighted by Crippen LogP contribution is -2.15. The Labute approximate surface area is 98.7 Å². The van der Waals surface area contributed by atoms with Gasteiger partial charge in [-0.1, -0.05) is 0 Å². The van der Waals surface area contributed by atoms with E-state index in [0.29, 0.717) is 16.9 Å². The van der Waals surface area contributed by atoms with Crippen LogP contribution < -0.4 is 5.32 Å². The molecule has 0 spiro atoms. The van der Waals surface area contributed by atoms with E-state index in [0.717, 1.165) is 0 Å². The van der Waals surface area contributed by atoms with Gasteiger partial charge in [0.2, 0.25) is 0 Å². The Morgan fingerprint density at radius 3 is 2.82 bits per heavy atom. The molecular formula is C12H13N3O2. The first-order chi connectivity index (χ1) is 8.08. The lowest BCUT2D eigenvalue weighted by atomic mass is 10.2. The number of nitrogens with zero attached hydrogens (tertiary/aromatic N) is 2. The Morgan fingerprint density at radius 1 is 1.47 bits per heavy atom. The molecular weight excluding hydrogens is 218 g/mol. The lowest BCUT2D eigenvalue weighted by molar-refractivity contribution is 0.101. The summed E-state index contributed by atoms with van der Waals surface area (Å²) in [4.78, 5) is 15.7. The van der Waals surface area contributed by atoms with Gasteiger partial charge in [-0.05, 0) is 30.7 Å². The van der Waals surface area contributed by atoms with Crippen LogP contribution in [0.4, 0.5) is 5.69 Å². The second-order valence-corrected chi connectivity index (χ2v) is 3.85. The van der Waals surface area contributed by atoms with Crippen LogP contribution in [0.25, 0.3) is 0 Å². The molecule has 0 saturated heterocycles. The van der Waals surface area contributed by atoms with Crippen LogP contribution in [0.5, 0.6) is 5.75 Å². The van der Waals surface area contributed by atoms with Crippen LogP contribution >= 0.6 is 0 Å². The number of benzene rings is 1. The molecule has 0 aliphatic carbocycles. The molecule has 1 aromatic heterocycles. The first kappa shape index (κ1) is 11.2. The highest BCUT2D eigenvalue weighted by molar-refractivity contribution is 6.03. The van der Waals surface area contributed by atoms with E-state index in [4.69, 9.17) is 0 Å². The predicted octanol–water partition coefficient (Wildman–Crippen LogP) is 1.69. The van der Waals surface area contributed by atoms with E-state index in [1.165, 1.54) is 6.20 Å². The van der Waals surface area contributed by atoms with Gasteiger partial charge in [0.25, 0.3) is 5.91 Å². The highest BCUT2D eigenvalue weighted by Crippen LogP contribution is 2.20. The summed E-state index contributed by atoms with van der Waals surface area (Å²) in [6.45, 7) is 1.77. The molecule has 5 nitrogen and oxygen atoms in total. The number of carbonyl (C=O) groups is 1. The largest absolute Gasteiger partial charge is 0.508 e. The zero-order chi connectivity index (χ0) is 12.4. The quantitative estimate of drug-likeness (QED) is 0.773. The standard InChI is InChI=1S/C12H13N3O2/c1-8-5-9(3-4-11(8)16)14-12(17)10-6-13-7-15(10)2/h3-7,16H,1-2H3,(H,14,17). The number of imidazole rings is 1. The fourth-order valence-electron chi connectivity index (χ4n) is 1.50. The molecule has 0 radical (unpaired) electrons. The summed E-state index contributed by atoms with van der Waals surface area (Å²) in [5, 5.41) is 12.1. The van der Waals surface area contributed by atoms with Crippen LogP contribution in [0.2, 0.25) is 0 Å². The molecule has 2 rings (SSSR count). The van der Waals surface area contributed by atoms with E-state index >= 15 is 0 Å². The van der Waals surface area contributed by atoms with Crippen molar-refractivity contribution in [2.75, 3.05) is 5.32 Å². The lowest BCUT2D eigenvalue weighted by Gasteiger charge is -2.07. The summed E-state index contributed by atoms with van der Waals surface area (Å²) in [5.74, 6) is -0.0152. The van der Waals surface area contributed by atoms with E-state index in [-0.39, 0.29) is 11.7 Å². The number of aromatic nitrogens is 2. The summed E-state index contributed by atoms with van der Waals surface area (Å²) in [6, 6.07) is 4.91. The molecule has 1 heterocycles. The first-order valence-corrected chi connectivity index (χ1v) is 5.15. The summed E-state index contributed by atoms with van der Waals surface area (Å²) in [5.41, 5.74) is 1.84. The van der Waals surface area contributed by atoms with Gasteiger partial charge >= 0.3 is 0 Å². The first-order valence-electron chi connectivity index (χ1n) is 5.15.